The molecule has 0 bridgehead atoms. The van der Waals surface area contributed by atoms with Crippen LogP contribution in [0, 0.1) is 6.92 Å². The van der Waals surface area contributed by atoms with Crippen molar-refractivity contribution in [3.05, 3.63) is 41.1 Å². The number of nitrogens with zero attached hydrogens (tertiary/aromatic N) is 1. The van der Waals surface area contributed by atoms with Crippen LogP contribution in [0.2, 0.25) is 0 Å². The van der Waals surface area contributed by atoms with Gasteiger partial charge in [-0.05, 0) is 38.0 Å². The average molecular weight is 319 g/mol. The number of aromatic nitrogens is 1. The van der Waals surface area contributed by atoms with E-state index in [9.17, 15) is 13.6 Å². The van der Waals surface area contributed by atoms with Crippen molar-refractivity contribution < 1.29 is 13.6 Å². The summed E-state index contributed by atoms with van der Waals surface area (Å²) in [6, 6.07) is 7.38. The second-order valence-electron chi connectivity index (χ2n) is 6.13. The van der Waals surface area contributed by atoms with Crippen LogP contribution < -0.4 is 11.1 Å². The first-order valence-electron chi connectivity index (χ1n) is 7.67. The molecule has 3 rings (SSSR count). The Morgan fingerprint density at radius 1 is 1.39 bits per heavy atom. The summed E-state index contributed by atoms with van der Waals surface area (Å²) in [4.78, 5) is 17.0. The van der Waals surface area contributed by atoms with Gasteiger partial charge in [0, 0.05) is 17.0 Å². The lowest BCUT2D eigenvalue weighted by Crippen LogP contribution is -2.41. The topological polar surface area (TPSA) is 68.0 Å². The van der Waals surface area contributed by atoms with Crippen LogP contribution in [-0.4, -0.2) is 29.9 Å². The molecule has 6 heteroatoms. The molecule has 0 atom stereocenters. The molecular formula is C17H19F2N3O. The van der Waals surface area contributed by atoms with E-state index in [0.717, 1.165) is 29.6 Å². The number of nitrogens with two attached hydrogens (primary N) is 1. The fraction of sp³-hybridized carbons (Fsp3) is 0.412. The van der Waals surface area contributed by atoms with Gasteiger partial charge in [-0.25, -0.2) is 8.78 Å². The Labute approximate surface area is 133 Å². The standard InChI is InChI=1S/C17H19F2N3O/c1-10-2-5-14-12(6-10)13(7-15(22-14)11-3-4-11)16(23)21-9-17(18,19)8-20/h2,5-7,11H,3-4,8-9,20H2,1H3,(H,21,23). The molecule has 2 aromatic rings. The minimum Gasteiger partial charge on any atom is -0.346 e. The summed E-state index contributed by atoms with van der Waals surface area (Å²) in [6.45, 7) is 0.353. The number of carbonyl (C=O) groups excluding carboxylic acids is 1. The first-order valence-corrected chi connectivity index (χ1v) is 7.67. The molecule has 23 heavy (non-hydrogen) atoms. The highest BCUT2D eigenvalue weighted by molar-refractivity contribution is 6.06. The van der Waals surface area contributed by atoms with E-state index in [1.54, 1.807) is 6.07 Å². The summed E-state index contributed by atoms with van der Waals surface area (Å²) in [5.74, 6) is -3.25. The average Bonchev–Trinajstić information content (AvgIpc) is 3.36. The lowest BCUT2D eigenvalue weighted by atomic mass is 10.0. The van der Waals surface area contributed by atoms with Crippen molar-refractivity contribution in [2.24, 2.45) is 5.73 Å². The highest BCUT2D eigenvalue weighted by Crippen LogP contribution is 2.40. The third-order valence-corrected chi connectivity index (χ3v) is 4.03. The largest absolute Gasteiger partial charge is 0.346 e. The molecule has 1 heterocycles. The van der Waals surface area contributed by atoms with Gasteiger partial charge in [-0.2, -0.15) is 0 Å². The Morgan fingerprint density at radius 3 is 2.78 bits per heavy atom. The van der Waals surface area contributed by atoms with Gasteiger partial charge in [0.15, 0.2) is 0 Å². The first kappa shape index (κ1) is 15.8. The van der Waals surface area contributed by atoms with Crippen molar-refractivity contribution in [1.29, 1.82) is 0 Å². The number of hydrogen-bond acceptors (Lipinski definition) is 3. The maximum absolute atomic E-state index is 13.3. The first-order chi connectivity index (χ1) is 10.9. The van der Waals surface area contributed by atoms with E-state index < -0.39 is 24.9 Å². The number of rotatable bonds is 5. The SMILES string of the molecule is Cc1ccc2nc(C3CC3)cc(C(=O)NCC(F)(F)CN)c2c1. The molecule has 1 aromatic heterocycles. The van der Waals surface area contributed by atoms with Crippen molar-refractivity contribution >= 4 is 16.8 Å². The summed E-state index contributed by atoms with van der Waals surface area (Å²) < 4.78 is 26.5. The van der Waals surface area contributed by atoms with E-state index >= 15 is 0 Å². The minimum atomic E-state index is -3.10. The van der Waals surface area contributed by atoms with Gasteiger partial charge in [0.2, 0.25) is 0 Å². The van der Waals surface area contributed by atoms with Crippen LogP contribution in [0.1, 0.15) is 40.4 Å². The molecule has 0 spiro atoms. The highest BCUT2D eigenvalue weighted by atomic mass is 19.3. The number of aryl methyl sites for hydroxylation is 1. The van der Waals surface area contributed by atoms with Crippen molar-refractivity contribution in [3.8, 4) is 0 Å². The monoisotopic (exact) mass is 319 g/mol. The quantitative estimate of drug-likeness (QED) is 0.890. The van der Waals surface area contributed by atoms with Gasteiger partial charge >= 0.3 is 0 Å². The van der Waals surface area contributed by atoms with Crippen molar-refractivity contribution in [1.82, 2.24) is 10.3 Å². The van der Waals surface area contributed by atoms with Gasteiger partial charge in [-0.3, -0.25) is 9.78 Å². The highest BCUT2D eigenvalue weighted by Gasteiger charge is 2.29. The van der Waals surface area contributed by atoms with E-state index in [0.29, 0.717) is 16.9 Å². The van der Waals surface area contributed by atoms with Gasteiger partial charge in [-0.1, -0.05) is 11.6 Å². The van der Waals surface area contributed by atoms with Crippen LogP contribution in [0.25, 0.3) is 10.9 Å². The zero-order valence-electron chi connectivity index (χ0n) is 12.9. The fourth-order valence-electron chi connectivity index (χ4n) is 2.51. The molecule has 1 amide bonds. The van der Waals surface area contributed by atoms with Crippen LogP contribution in [0.3, 0.4) is 0 Å². The van der Waals surface area contributed by atoms with E-state index in [-0.39, 0.29) is 0 Å². The molecule has 0 radical (unpaired) electrons. The number of nitrogens with one attached hydrogen (secondary N) is 1. The van der Waals surface area contributed by atoms with Gasteiger partial charge in [0.05, 0.1) is 24.2 Å². The zero-order valence-corrected chi connectivity index (χ0v) is 12.9. The van der Waals surface area contributed by atoms with Crippen molar-refractivity contribution in [2.45, 2.75) is 31.6 Å². The molecule has 122 valence electrons. The molecule has 1 aliphatic rings. The molecule has 3 N–H and O–H groups in total. The molecule has 1 aromatic carbocycles. The molecule has 0 unspecified atom stereocenters. The molecular weight excluding hydrogens is 300 g/mol. The molecule has 1 fully saturated rings. The summed E-state index contributed by atoms with van der Waals surface area (Å²) in [7, 11) is 0. The van der Waals surface area contributed by atoms with Crippen molar-refractivity contribution in [2.75, 3.05) is 13.1 Å². The summed E-state index contributed by atoms with van der Waals surface area (Å²) in [5, 5.41) is 2.97. The van der Waals surface area contributed by atoms with Crippen LogP contribution in [-0.2, 0) is 0 Å². The Balaban J connectivity index is 1.97. The second kappa shape index (κ2) is 5.85. The van der Waals surface area contributed by atoms with Crippen LogP contribution in [0.15, 0.2) is 24.3 Å². The number of fused-ring (bicyclic) bond motifs is 1. The van der Waals surface area contributed by atoms with Gasteiger partial charge < -0.3 is 11.1 Å². The number of alkyl halides is 2. The second-order valence-corrected chi connectivity index (χ2v) is 6.13. The Kier molecular flexibility index (Phi) is 4.02. The smallest absolute Gasteiger partial charge is 0.277 e. The van der Waals surface area contributed by atoms with Gasteiger partial charge in [0.25, 0.3) is 11.8 Å². The van der Waals surface area contributed by atoms with E-state index in [4.69, 9.17) is 5.73 Å². The lowest BCUT2D eigenvalue weighted by Gasteiger charge is -2.15. The Hall–Kier alpha value is -2.08. The Morgan fingerprint density at radius 2 is 2.13 bits per heavy atom. The predicted molar refractivity (Wildman–Crippen MR) is 84.8 cm³/mol. The summed E-state index contributed by atoms with van der Waals surface area (Å²) in [5.41, 5.74) is 7.96. The minimum absolute atomic E-state index is 0.373. The third-order valence-electron chi connectivity index (χ3n) is 4.03. The van der Waals surface area contributed by atoms with E-state index in [2.05, 4.69) is 10.3 Å². The maximum Gasteiger partial charge on any atom is 0.277 e. The predicted octanol–water partition coefficient (Wildman–Crippen LogP) is 2.74. The molecule has 4 nitrogen and oxygen atoms in total. The number of halogens is 2. The summed E-state index contributed by atoms with van der Waals surface area (Å²) >= 11 is 0. The normalized spacial score (nSPS) is 15.0. The number of benzene rings is 1. The third kappa shape index (κ3) is 3.47. The molecule has 1 aliphatic carbocycles. The zero-order chi connectivity index (χ0) is 16.6. The van der Waals surface area contributed by atoms with Crippen LogP contribution in [0.4, 0.5) is 8.78 Å². The fourth-order valence-corrected chi connectivity index (χ4v) is 2.51. The van der Waals surface area contributed by atoms with Gasteiger partial charge in [-0.15, -0.1) is 0 Å². The van der Waals surface area contributed by atoms with Crippen molar-refractivity contribution in [3.63, 3.8) is 0 Å². The number of amides is 1. The lowest BCUT2D eigenvalue weighted by molar-refractivity contribution is 0.0119. The number of carbonyl (C=O) groups is 1. The van der Waals surface area contributed by atoms with Gasteiger partial charge in [0.1, 0.15) is 0 Å². The molecule has 0 saturated heterocycles. The van der Waals surface area contributed by atoms with Crippen LogP contribution >= 0.6 is 0 Å². The number of hydrogen-bond donors (Lipinski definition) is 2. The Bertz CT molecular complexity index is 757. The van der Waals surface area contributed by atoms with E-state index in [1.807, 2.05) is 25.1 Å². The summed E-state index contributed by atoms with van der Waals surface area (Å²) in [6.07, 6.45) is 2.10. The van der Waals surface area contributed by atoms with Crippen LogP contribution in [0.5, 0.6) is 0 Å². The molecule has 0 aliphatic heterocycles. The molecule has 1 saturated carbocycles. The van der Waals surface area contributed by atoms with E-state index in [1.165, 1.54) is 0 Å². The number of pyridine rings is 1. The maximum atomic E-state index is 13.3.